The van der Waals surface area contributed by atoms with Crippen LogP contribution in [0.1, 0.15) is 75.9 Å². The number of carbonyl (C=O) groups is 1. The lowest BCUT2D eigenvalue weighted by atomic mass is 9.86. The third kappa shape index (κ3) is 6.49. The van der Waals surface area contributed by atoms with Crippen LogP contribution in [-0.2, 0) is 5.41 Å². The summed E-state index contributed by atoms with van der Waals surface area (Å²) < 4.78 is 6.03. The van der Waals surface area contributed by atoms with Gasteiger partial charge in [-0.3, -0.25) is 14.7 Å². The van der Waals surface area contributed by atoms with E-state index >= 15 is 0 Å². The Kier molecular flexibility index (Phi) is 9.68. The molecule has 0 fully saturated rings. The van der Waals surface area contributed by atoms with Crippen LogP contribution in [0.3, 0.4) is 0 Å². The van der Waals surface area contributed by atoms with Gasteiger partial charge in [-0.05, 0) is 77.0 Å². The van der Waals surface area contributed by atoms with E-state index in [9.17, 15) is 4.79 Å². The van der Waals surface area contributed by atoms with Crippen molar-refractivity contribution in [2.24, 2.45) is 4.99 Å². The van der Waals surface area contributed by atoms with E-state index < -0.39 is 17.5 Å². The molecule has 0 saturated carbocycles. The summed E-state index contributed by atoms with van der Waals surface area (Å²) in [6.07, 6.45) is 0. The maximum absolute atomic E-state index is 12.9. The van der Waals surface area contributed by atoms with E-state index in [0.717, 1.165) is 16.7 Å². The van der Waals surface area contributed by atoms with Gasteiger partial charge < -0.3 is 4.74 Å². The van der Waals surface area contributed by atoms with Gasteiger partial charge in [0.2, 0.25) is 0 Å². The van der Waals surface area contributed by atoms with E-state index in [4.69, 9.17) is 44.5 Å². The summed E-state index contributed by atoms with van der Waals surface area (Å²) in [4.78, 5) is 19.5. The van der Waals surface area contributed by atoms with Crippen LogP contribution in [0.4, 0.5) is 4.79 Å². The lowest BCUT2D eigenvalue weighted by Gasteiger charge is -2.28. The minimum atomic E-state index is -0.623. The molecule has 0 bridgehead atoms. The fourth-order valence-electron chi connectivity index (χ4n) is 4.29. The number of hydrogen-bond acceptors (Lipinski definition) is 3. The second-order valence-corrected chi connectivity index (χ2v) is 10.7. The molecule has 2 atom stereocenters. The third-order valence-corrected chi connectivity index (χ3v) is 6.75. The largest absolute Gasteiger partial charge is 0.493 e. The standard InChI is InChI=1S/C28H27Cl3N2O2.C2H6/c1-5-35-23-16-19(28(2,3)4)10-15-22(23)26-32-24(17-6-11-20(29)12-7-17)25(33(26)27(31)34)18-8-13-21(30)14-9-18;1-2/h6-16,24-25H,5H2,1-4H3;1-2H3. The highest BCUT2D eigenvalue weighted by atomic mass is 35.5. The van der Waals surface area contributed by atoms with Crippen molar-refractivity contribution >= 4 is 46.0 Å². The molecule has 0 aromatic heterocycles. The molecule has 0 saturated heterocycles. The number of ether oxygens (including phenoxy) is 1. The number of carbonyl (C=O) groups excluding carboxylic acids is 1. The van der Waals surface area contributed by atoms with Crippen molar-refractivity contribution in [2.75, 3.05) is 6.61 Å². The first kappa shape index (κ1) is 29.0. The Bertz CT molecular complexity index is 1250. The minimum Gasteiger partial charge on any atom is -0.493 e. The molecule has 4 nitrogen and oxygen atoms in total. The second-order valence-electron chi connectivity index (χ2n) is 9.46. The first-order chi connectivity index (χ1) is 17.6. The van der Waals surface area contributed by atoms with Gasteiger partial charge in [0.05, 0.1) is 18.2 Å². The van der Waals surface area contributed by atoms with Crippen molar-refractivity contribution in [3.63, 3.8) is 0 Å². The fraction of sp³-hybridized carbons (Fsp3) is 0.333. The molecular formula is C30H33Cl3N2O2. The third-order valence-electron chi connectivity index (χ3n) is 6.07. The average molecular weight is 560 g/mol. The molecule has 0 aliphatic carbocycles. The molecule has 1 amide bonds. The van der Waals surface area contributed by atoms with Gasteiger partial charge in [0, 0.05) is 10.0 Å². The van der Waals surface area contributed by atoms with Crippen LogP contribution in [0.15, 0.2) is 71.7 Å². The topological polar surface area (TPSA) is 41.9 Å². The highest BCUT2D eigenvalue weighted by Crippen LogP contribution is 2.45. The number of halogens is 3. The molecule has 3 aromatic rings. The summed E-state index contributed by atoms with van der Waals surface area (Å²) in [5.74, 6) is 1.13. The highest BCUT2D eigenvalue weighted by Gasteiger charge is 2.42. The number of hydrogen-bond donors (Lipinski definition) is 0. The summed E-state index contributed by atoms with van der Waals surface area (Å²) in [7, 11) is 0. The lowest BCUT2D eigenvalue weighted by Crippen LogP contribution is -2.34. The van der Waals surface area contributed by atoms with Crippen molar-refractivity contribution in [3.8, 4) is 5.75 Å². The number of rotatable bonds is 5. The molecule has 0 radical (unpaired) electrons. The Hall–Kier alpha value is -2.53. The normalized spacial score (nSPS) is 17.1. The smallest absolute Gasteiger partial charge is 0.322 e. The zero-order valence-corrected chi connectivity index (χ0v) is 24.3. The molecule has 1 aliphatic rings. The quantitative estimate of drug-likeness (QED) is 0.231. The first-order valence-corrected chi connectivity index (χ1v) is 13.6. The molecule has 0 spiro atoms. The number of amides is 1. The molecule has 1 aliphatic heterocycles. The van der Waals surface area contributed by atoms with Crippen LogP contribution in [0, 0.1) is 0 Å². The maximum Gasteiger partial charge on any atom is 0.322 e. The summed E-state index contributed by atoms with van der Waals surface area (Å²) in [6, 6.07) is 20.0. The van der Waals surface area contributed by atoms with Crippen molar-refractivity contribution in [2.45, 2.75) is 59.0 Å². The van der Waals surface area contributed by atoms with Crippen LogP contribution in [0.5, 0.6) is 5.75 Å². The van der Waals surface area contributed by atoms with Crippen molar-refractivity contribution in [1.29, 1.82) is 0 Å². The number of amidine groups is 1. The zero-order valence-electron chi connectivity index (χ0n) is 22.1. The predicted molar refractivity (Wildman–Crippen MR) is 156 cm³/mol. The minimum absolute atomic E-state index is 0.0679. The molecule has 37 heavy (non-hydrogen) atoms. The molecular weight excluding hydrogens is 527 g/mol. The number of nitrogens with zero attached hydrogens (tertiary/aromatic N) is 2. The Morgan fingerprint density at radius 3 is 1.95 bits per heavy atom. The van der Waals surface area contributed by atoms with Gasteiger partial charge in [-0.15, -0.1) is 0 Å². The van der Waals surface area contributed by atoms with Gasteiger partial charge in [-0.2, -0.15) is 0 Å². The van der Waals surface area contributed by atoms with E-state index in [-0.39, 0.29) is 5.41 Å². The summed E-state index contributed by atoms with van der Waals surface area (Å²) in [5.41, 5.74) is 3.55. The summed E-state index contributed by atoms with van der Waals surface area (Å²) in [6.45, 7) is 12.8. The van der Waals surface area contributed by atoms with Crippen molar-refractivity contribution < 1.29 is 9.53 Å². The molecule has 4 rings (SSSR count). The van der Waals surface area contributed by atoms with Crippen LogP contribution in [0.25, 0.3) is 0 Å². The van der Waals surface area contributed by atoms with E-state index in [0.29, 0.717) is 33.8 Å². The van der Waals surface area contributed by atoms with E-state index in [1.807, 2.05) is 75.4 Å². The maximum atomic E-state index is 12.9. The van der Waals surface area contributed by atoms with E-state index in [1.165, 1.54) is 0 Å². The molecule has 2 unspecified atom stereocenters. The molecule has 1 heterocycles. The molecule has 0 N–H and O–H groups in total. The van der Waals surface area contributed by atoms with Crippen LogP contribution in [-0.4, -0.2) is 22.7 Å². The Balaban J connectivity index is 0.00000186. The Morgan fingerprint density at radius 2 is 1.46 bits per heavy atom. The average Bonchev–Trinajstić information content (AvgIpc) is 3.26. The van der Waals surface area contributed by atoms with Gasteiger partial charge in [0.15, 0.2) is 0 Å². The monoisotopic (exact) mass is 558 g/mol. The van der Waals surface area contributed by atoms with Gasteiger partial charge in [-0.25, -0.2) is 0 Å². The van der Waals surface area contributed by atoms with Crippen LogP contribution >= 0.6 is 34.8 Å². The predicted octanol–water partition coefficient (Wildman–Crippen LogP) is 9.62. The number of benzene rings is 3. The van der Waals surface area contributed by atoms with Gasteiger partial charge in [0.1, 0.15) is 17.6 Å². The lowest BCUT2D eigenvalue weighted by molar-refractivity contribution is 0.231. The first-order valence-electron chi connectivity index (χ1n) is 12.4. The Labute approximate surface area is 235 Å². The second kappa shape index (κ2) is 12.3. The summed E-state index contributed by atoms with van der Waals surface area (Å²) in [5, 5.41) is 0.610. The van der Waals surface area contributed by atoms with Crippen LogP contribution < -0.4 is 4.74 Å². The van der Waals surface area contributed by atoms with Gasteiger partial charge in [-0.1, -0.05) is 88.2 Å². The highest BCUT2D eigenvalue weighted by molar-refractivity contribution is 6.64. The Morgan fingerprint density at radius 1 is 0.919 bits per heavy atom. The zero-order chi connectivity index (χ0) is 27.3. The van der Waals surface area contributed by atoms with E-state index in [1.54, 1.807) is 17.0 Å². The van der Waals surface area contributed by atoms with Crippen LogP contribution in [0.2, 0.25) is 10.0 Å². The number of aliphatic imine (C=N–C) groups is 1. The van der Waals surface area contributed by atoms with Crippen molar-refractivity contribution in [3.05, 3.63) is 99.0 Å². The SMILES string of the molecule is CC.CCOc1cc(C(C)(C)C)ccc1C1=NC(c2ccc(Cl)cc2)C(c2ccc(Cl)cc2)N1C(=O)Cl. The van der Waals surface area contributed by atoms with Crippen molar-refractivity contribution in [1.82, 2.24) is 4.90 Å². The van der Waals surface area contributed by atoms with Gasteiger partial charge >= 0.3 is 5.37 Å². The molecule has 7 heteroatoms. The summed E-state index contributed by atoms with van der Waals surface area (Å²) >= 11 is 18.5. The molecule has 196 valence electrons. The van der Waals surface area contributed by atoms with E-state index in [2.05, 4.69) is 20.8 Å². The fourth-order valence-corrected chi connectivity index (χ4v) is 4.72. The molecule has 3 aromatic carbocycles. The van der Waals surface area contributed by atoms with Gasteiger partial charge in [0.25, 0.3) is 0 Å².